The van der Waals surface area contributed by atoms with E-state index < -0.39 is 41.7 Å². The number of hydrogen-bond donors (Lipinski definition) is 1. The minimum Gasteiger partial charge on any atom is -0.351 e. The van der Waals surface area contributed by atoms with Crippen molar-refractivity contribution in [3.8, 4) is 0 Å². The summed E-state index contributed by atoms with van der Waals surface area (Å²) in [6, 6.07) is 8.57. The molecule has 2 fully saturated rings. The Morgan fingerprint density at radius 1 is 1.07 bits per heavy atom. The number of hydrogen-bond acceptors (Lipinski definition) is 5. The average Bonchev–Trinajstić information content (AvgIpc) is 3.34. The maximum atomic E-state index is 14.5. The molecule has 12 heteroatoms. The van der Waals surface area contributed by atoms with Crippen molar-refractivity contribution in [2.75, 3.05) is 9.80 Å². The zero-order valence-electron chi connectivity index (χ0n) is 21.9. The highest BCUT2D eigenvalue weighted by Crippen LogP contribution is 2.37. The van der Waals surface area contributed by atoms with Crippen LogP contribution in [0.25, 0.3) is 0 Å². The van der Waals surface area contributed by atoms with Gasteiger partial charge in [0.15, 0.2) is 5.82 Å². The van der Waals surface area contributed by atoms with Crippen molar-refractivity contribution in [2.45, 2.75) is 62.6 Å². The number of alkyl halides is 2. The predicted molar refractivity (Wildman–Crippen MR) is 146 cm³/mol. The van der Waals surface area contributed by atoms with Crippen molar-refractivity contribution in [3.63, 3.8) is 0 Å². The van der Waals surface area contributed by atoms with Gasteiger partial charge in [0.25, 0.3) is 5.91 Å². The Hall–Kier alpha value is -3.99. The number of carbonyl (C=O) groups excluding carboxylic acids is 3. The van der Waals surface area contributed by atoms with Crippen LogP contribution in [0.3, 0.4) is 0 Å². The summed E-state index contributed by atoms with van der Waals surface area (Å²) in [6.45, 7) is 0. The lowest BCUT2D eigenvalue weighted by Crippen LogP contribution is -2.53. The lowest BCUT2D eigenvalue weighted by atomic mass is 9.91. The van der Waals surface area contributed by atoms with E-state index >= 15 is 0 Å². The van der Waals surface area contributed by atoms with Gasteiger partial charge >= 0.3 is 0 Å². The molecule has 1 saturated heterocycles. The van der Waals surface area contributed by atoms with E-state index in [-0.39, 0.29) is 66.5 Å². The van der Waals surface area contributed by atoms with E-state index in [1.807, 2.05) is 0 Å². The van der Waals surface area contributed by atoms with Gasteiger partial charge in [-0.3, -0.25) is 29.2 Å². The molecule has 2 heterocycles. The number of rotatable bonds is 7. The zero-order chi connectivity index (χ0) is 29.1. The van der Waals surface area contributed by atoms with Crippen molar-refractivity contribution < 1.29 is 27.6 Å². The molecule has 0 spiro atoms. The molecule has 41 heavy (non-hydrogen) atoms. The van der Waals surface area contributed by atoms with Crippen molar-refractivity contribution in [1.82, 2.24) is 15.3 Å². The molecule has 1 saturated carbocycles. The Labute approximate surface area is 239 Å². The third kappa shape index (κ3) is 6.19. The van der Waals surface area contributed by atoms with Gasteiger partial charge in [0.2, 0.25) is 17.7 Å². The molecule has 2 aliphatic rings. The largest absolute Gasteiger partial charge is 0.351 e. The van der Waals surface area contributed by atoms with E-state index in [1.165, 1.54) is 41.7 Å². The zero-order valence-corrected chi connectivity index (χ0v) is 22.6. The van der Waals surface area contributed by atoms with Crippen molar-refractivity contribution in [3.05, 3.63) is 83.5 Å². The Bertz CT molecular complexity index is 1430. The van der Waals surface area contributed by atoms with Crippen molar-refractivity contribution >= 4 is 40.8 Å². The van der Waals surface area contributed by atoms with E-state index in [0.717, 1.165) is 11.0 Å². The summed E-state index contributed by atoms with van der Waals surface area (Å²) in [4.78, 5) is 51.9. The fourth-order valence-electron chi connectivity index (χ4n) is 5.37. The monoisotopic (exact) mass is 585 g/mol. The summed E-state index contributed by atoms with van der Waals surface area (Å²) in [6.07, 6.45) is 3.69. The standard InChI is InChI=1S/C29H27ClF3N5O3/c30-22-7-2-1-6-21(22)26(27(40)36-19-10-12-29(32,33)13-11-19)37(20-5-3-4-18(31)16-20)28(41)23-8-9-25(39)38(23)24-17-34-14-15-35-24/h1-7,14-17,19,23,26H,8-13H2,(H,36,40). The molecule has 0 radical (unpaired) electrons. The quantitative estimate of drug-likeness (QED) is 0.410. The summed E-state index contributed by atoms with van der Waals surface area (Å²) >= 11 is 6.54. The molecule has 1 N–H and O–H groups in total. The van der Waals surface area contributed by atoms with E-state index in [0.29, 0.717) is 0 Å². The molecule has 214 valence electrons. The number of benzene rings is 2. The van der Waals surface area contributed by atoms with Crippen LogP contribution in [0.2, 0.25) is 5.02 Å². The van der Waals surface area contributed by atoms with Crippen molar-refractivity contribution in [2.24, 2.45) is 0 Å². The van der Waals surface area contributed by atoms with Gasteiger partial charge in [-0.05, 0) is 43.5 Å². The first-order chi connectivity index (χ1) is 19.6. The maximum Gasteiger partial charge on any atom is 0.251 e. The van der Waals surface area contributed by atoms with Gasteiger partial charge in [-0.25, -0.2) is 18.2 Å². The van der Waals surface area contributed by atoms with Crippen LogP contribution in [0.15, 0.2) is 67.1 Å². The molecular weight excluding hydrogens is 559 g/mol. The van der Waals surface area contributed by atoms with Crippen LogP contribution in [-0.2, 0) is 14.4 Å². The molecule has 1 aromatic heterocycles. The normalized spacial score (nSPS) is 19.6. The first-order valence-electron chi connectivity index (χ1n) is 13.2. The first-order valence-corrected chi connectivity index (χ1v) is 13.6. The average molecular weight is 586 g/mol. The molecular formula is C29H27ClF3N5O3. The number of anilines is 2. The van der Waals surface area contributed by atoms with E-state index in [9.17, 15) is 27.6 Å². The van der Waals surface area contributed by atoms with E-state index in [1.54, 1.807) is 24.3 Å². The third-order valence-electron chi connectivity index (χ3n) is 7.39. The highest BCUT2D eigenvalue weighted by Gasteiger charge is 2.45. The SMILES string of the molecule is O=C(NC1CCC(F)(F)CC1)C(c1ccccc1Cl)N(C(=O)C1CCC(=O)N1c1cnccn1)c1cccc(F)c1. The van der Waals surface area contributed by atoms with Gasteiger partial charge in [0.1, 0.15) is 17.9 Å². The molecule has 8 nitrogen and oxygen atoms in total. The lowest BCUT2D eigenvalue weighted by Gasteiger charge is -2.37. The topological polar surface area (TPSA) is 95.5 Å². The van der Waals surface area contributed by atoms with E-state index in [4.69, 9.17) is 11.6 Å². The molecule has 1 aliphatic heterocycles. The highest BCUT2D eigenvalue weighted by atomic mass is 35.5. The molecule has 1 aliphatic carbocycles. The first kappa shape index (κ1) is 28.5. The van der Waals surface area contributed by atoms with Crippen LogP contribution in [-0.4, -0.2) is 45.7 Å². The summed E-state index contributed by atoms with van der Waals surface area (Å²) in [5.74, 6) is -4.98. The molecule has 3 aromatic rings. The molecule has 2 atom stereocenters. The lowest BCUT2D eigenvalue weighted by molar-refractivity contribution is -0.128. The van der Waals surface area contributed by atoms with Crippen LogP contribution in [0, 0.1) is 5.82 Å². The summed E-state index contributed by atoms with van der Waals surface area (Å²) < 4.78 is 42.2. The third-order valence-corrected chi connectivity index (χ3v) is 7.73. The molecule has 5 rings (SSSR count). The summed E-state index contributed by atoms with van der Waals surface area (Å²) in [7, 11) is 0. The Kier molecular flexibility index (Phi) is 8.25. The van der Waals surface area contributed by atoms with Gasteiger partial charge in [0, 0.05) is 54.0 Å². The second-order valence-corrected chi connectivity index (χ2v) is 10.5. The van der Waals surface area contributed by atoms with Crippen LogP contribution in [0.4, 0.5) is 24.7 Å². The van der Waals surface area contributed by atoms with Gasteiger partial charge in [0.05, 0.1) is 6.20 Å². The van der Waals surface area contributed by atoms with Crippen LogP contribution in [0.5, 0.6) is 0 Å². The van der Waals surface area contributed by atoms with E-state index in [2.05, 4.69) is 15.3 Å². The molecule has 0 bridgehead atoms. The second-order valence-electron chi connectivity index (χ2n) is 10.1. The van der Waals surface area contributed by atoms with Crippen LogP contribution < -0.4 is 15.1 Å². The number of carbonyl (C=O) groups is 3. The fourth-order valence-corrected chi connectivity index (χ4v) is 5.61. The Balaban J connectivity index is 1.58. The maximum absolute atomic E-state index is 14.5. The molecule has 2 unspecified atom stereocenters. The van der Waals surface area contributed by atoms with Crippen LogP contribution in [0.1, 0.15) is 50.1 Å². The Morgan fingerprint density at radius 2 is 1.83 bits per heavy atom. The predicted octanol–water partition coefficient (Wildman–Crippen LogP) is 5.23. The van der Waals surface area contributed by atoms with Gasteiger partial charge in [-0.1, -0.05) is 35.9 Å². The number of halogens is 4. The smallest absolute Gasteiger partial charge is 0.251 e. The van der Waals surface area contributed by atoms with Gasteiger partial charge < -0.3 is 5.32 Å². The van der Waals surface area contributed by atoms with Gasteiger partial charge in [-0.2, -0.15) is 0 Å². The van der Waals surface area contributed by atoms with Crippen molar-refractivity contribution in [1.29, 1.82) is 0 Å². The summed E-state index contributed by atoms with van der Waals surface area (Å²) in [5.41, 5.74) is 0.310. The summed E-state index contributed by atoms with van der Waals surface area (Å²) in [5, 5.41) is 2.99. The second kappa shape index (κ2) is 11.9. The number of amides is 3. The number of aromatic nitrogens is 2. The molecule has 2 aromatic carbocycles. The number of nitrogens with one attached hydrogen (secondary N) is 1. The van der Waals surface area contributed by atoms with Crippen LogP contribution >= 0.6 is 11.6 Å². The molecule has 3 amide bonds. The fraction of sp³-hybridized carbons (Fsp3) is 0.345. The number of nitrogens with zero attached hydrogens (tertiary/aromatic N) is 4. The minimum absolute atomic E-state index is 0.0449. The highest BCUT2D eigenvalue weighted by molar-refractivity contribution is 6.31. The van der Waals surface area contributed by atoms with Gasteiger partial charge in [-0.15, -0.1) is 0 Å². The minimum atomic E-state index is -2.80. The Morgan fingerprint density at radius 3 is 2.51 bits per heavy atom.